The van der Waals surface area contributed by atoms with Crippen LogP contribution in [-0.2, 0) is 4.74 Å². The summed E-state index contributed by atoms with van der Waals surface area (Å²) < 4.78 is 5.14. The molecule has 3 heteroatoms. The Morgan fingerprint density at radius 2 is 2.06 bits per heavy atom. The van der Waals surface area contributed by atoms with Crippen molar-refractivity contribution in [3.05, 3.63) is 23.8 Å². The number of aryl methyl sites for hydroxylation is 1. The number of nitrogen functional groups attached to an aromatic ring is 1. The van der Waals surface area contributed by atoms with Crippen molar-refractivity contribution in [2.24, 2.45) is 0 Å². The summed E-state index contributed by atoms with van der Waals surface area (Å²) in [5, 5.41) is 0. The molecule has 0 fully saturated rings. The van der Waals surface area contributed by atoms with E-state index >= 15 is 0 Å². The molecule has 1 aromatic rings. The van der Waals surface area contributed by atoms with Crippen LogP contribution < -0.4 is 10.6 Å². The van der Waals surface area contributed by atoms with Gasteiger partial charge in [0.1, 0.15) is 0 Å². The Kier molecular flexibility index (Phi) is 4.62. The number of methoxy groups -OCH3 is 1. The van der Waals surface area contributed by atoms with Crippen molar-refractivity contribution < 1.29 is 4.74 Å². The summed E-state index contributed by atoms with van der Waals surface area (Å²) in [6, 6.07) is 6.44. The molecule has 90 valence electrons. The molecule has 0 heterocycles. The van der Waals surface area contributed by atoms with Crippen molar-refractivity contribution in [2.45, 2.75) is 26.8 Å². The molecule has 1 rings (SSSR count). The van der Waals surface area contributed by atoms with Gasteiger partial charge in [0.05, 0.1) is 18.0 Å². The molecule has 0 unspecified atom stereocenters. The fourth-order valence-corrected chi connectivity index (χ4v) is 1.89. The quantitative estimate of drug-likeness (QED) is 0.778. The van der Waals surface area contributed by atoms with Gasteiger partial charge in [-0.05, 0) is 32.4 Å². The van der Waals surface area contributed by atoms with Gasteiger partial charge in [0.25, 0.3) is 0 Å². The van der Waals surface area contributed by atoms with E-state index < -0.39 is 0 Å². The molecular formula is C13H22N2O. The molecular weight excluding hydrogens is 200 g/mol. The van der Waals surface area contributed by atoms with Gasteiger partial charge in [0.2, 0.25) is 0 Å². The van der Waals surface area contributed by atoms with E-state index in [1.54, 1.807) is 7.11 Å². The number of anilines is 2. The number of hydrogen-bond donors (Lipinski definition) is 1. The largest absolute Gasteiger partial charge is 0.397 e. The third-order valence-corrected chi connectivity index (χ3v) is 2.72. The van der Waals surface area contributed by atoms with Crippen LogP contribution in [0, 0.1) is 6.92 Å². The maximum atomic E-state index is 6.05. The molecule has 0 aromatic heterocycles. The average molecular weight is 222 g/mol. The van der Waals surface area contributed by atoms with Gasteiger partial charge in [-0.25, -0.2) is 0 Å². The van der Waals surface area contributed by atoms with Crippen molar-refractivity contribution >= 4 is 11.4 Å². The van der Waals surface area contributed by atoms with E-state index in [0.29, 0.717) is 12.6 Å². The first kappa shape index (κ1) is 12.8. The molecule has 0 radical (unpaired) electrons. The molecule has 0 aliphatic rings. The second kappa shape index (κ2) is 5.75. The first-order chi connectivity index (χ1) is 7.57. The number of benzene rings is 1. The van der Waals surface area contributed by atoms with E-state index in [0.717, 1.165) is 17.9 Å². The molecule has 0 saturated carbocycles. The van der Waals surface area contributed by atoms with Crippen LogP contribution in [0.25, 0.3) is 0 Å². The molecule has 1 aromatic carbocycles. The Hall–Kier alpha value is -1.22. The molecule has 0 spiro atoms. The molecule has 0 saturated heterocycles. The van der Waals surface area contributed by atoms with Crippen molar-refractivity contribution in [3.63, 3.8) is 0 Å². The van der Waals surface area contributed by atoms with Crippen LogP contribution in [0.15, 0.2) is 18.2 Å². The molecule has 0 amide bonds. The van der Waals surface area contributed by atoms with Gasteiger partial charge in [-0.2, -0.15) is 0 Å². The first-order valence-corrected chi connectivity index (χ1v) is 5.68. The summed E-state index contributed by atoms with van der Waals surface area (Å²) in [5.74, 6) is 0. The number of para-hydroxylation sites is 1. The molecule has 0 aliphatic heterocycles. The Labute approximate surface area is 98.2 Å². The van der Waals surface area contributed by atoms with E-state index in [4.69, 9.17) is 10.5 Å². The zero-order valence-corrected chi connectivity index (χ0v) is 10.7. The number of ether oxygens (including phenoxy) is 1. The third-order valence-electron chi connectivity index (χ3n) is 2.72. The molecule has 0 bridgehead atoms. The topological polar surface area (TPSA) is 38.5 Å². The minimum Gasteiger partial charge on any atom is -0.397 e. The Bertz CT molecular complexity index is 316. The van der Waals surface area contributed by atoms with Gasteiger partial charge in [-0.1, -0.05) is 12.1 Å². The van der Waals surface area contributed by atoms with Crippen molar-refractivity contribution in [1.82, 2.24) is 0 Å². The fraction of sp³-hybridized carbons (Fsp3) is 0.538. The first-order valence-electron chi connectivity index (χ1n) is 5.68. The second-order valence-electron chi connectivity index (χ2n) is 4.29. The fourth-order valence-electron chi connectivity index (χ4n) is 1.89. The van der Waals surface area contributed by atoms with Gasteiger partial charge in [0.15, 0.2) is 0 Å². The molecule has 2 N–H and O–H groups in total. The van der Waals surface area contributed by atoms with Gasteiger partial charge in [0, 0.05) is 19.7 Å². The SMILES string of the molecule is COCCN(c1c(C)cccc1N)C(C)C. The number of nitrogens with zero attached hydrogens (tertiary/aromatic N) is 1. The number of rotatable bonds is 5. The van der Waals surface area contributed by atoms with Crippen molar-refractivity contribution in [3.8, 4) is 0 Å². The third kappa shape index (κ3) is 2.89. The summed E-state index contributed by atoms with van der Waals surface area (Å²) >= 11 is 0. The summed E-state index contributed by atoms with van der Waals surface area (Å²) in [7, 11) is 1.72. The highest BCUT2D eigenvalue weighted by Crippen LogP contribution is 2.28. The number of nitrogens with two attached hydrogens (primary N) is 1. The van der Waals surface area contributed by atoms with Crippen LogP contribution in [0.3, 0.4) is 0 Å². The maximum Gasteiger partial charge on any atom is 0.0637 e. The zero-order chi connectivity index (χ0) is 12.1. The smallest absolute Gasteiger partial charge is 0.0637 e. The van der Waals surface area contributed by atoms with Gasteiger partial charge >= 0.3 is 0 Å². The number of hydrogen-bond acceptors (Lipinski definition) is 3. The van der Waals surface area contributed by atoms with E-state index in [1.807, 2.05) is 12.1 Å². The Balaban J connectivity index is 3.00. The van der Waals surface area contributed by atoms with Gasteiger partial charge in [-0.3, -0.25) is 0 Å². The minimum atomic E-state index is 0.415. The average Bonchev–Trinajstić information content (AvgIpc) is 2.21. The Morgan fingerprint density at radius 1 is 1.38 bits per heavy atom. The van der Waals surface area contributed by atoms with Crippen molar-refractivity contribution in [2.75, 3.05) is 30.9 Å². The van der Waals surface area contributed by atoms with Crippen LogP contribution in [0.1, 0.15) is 19.4 Å². The summed E-state index contributed by atoms with van der Waals surface area (Å²) in [6.45, 7) is 8.01. The van der Waals surface area contributed by atoms with Crippen LogP contribution in [0.5, 0.6) is 0 Å². The molecule has 3 nitrogen and oxygen atoms in total. The summed E-state index contributed by atoms with van der Waals surface area (Å²) in [6.07, 6.45) is 0. The zero-order valence-electron chi connectivity index (χ0n) is 10.7. The van der Waals surface area contributed by atoms with E-state index in [1.165, 1.54) is 5.56 Å². The highest BCUT2D eigenvalue weighted by molar-refractivity contribution is 5.71. The summed E-state index contributed by atoms with van der Waals surface area (Å²) in [5.41, 5.74) is 9.23. The van der Waals surface area contributed by atoms with Gasteiger partial charge < -0.3 is 15.4 Å². The highest BCUT2D eigenvalue weighted by Gasteiger charge is 2.14. The summed E-state index contributed by atoms with van der Waals surface area (Å²) in [4.78, 5) is 2.29. The predicted molar refractivity (Wildman–Crippen MR) is 69.9 cm³/mol. The van der Waals surface area contributed by atoms with Crippen LogP contribution in [0.4, 0.5) is 11.4 Å². The van der Waals surface area contributed by atoms with Crippen molar-refractivity contribution in [1.29, 1.82) is 0 Å². The highest BCUT2D eigenvalue weighted by atomic mass is 16.5. The van der Waals surface area contributed by atoms with E-state index in [2.05, 4.69) is 31.7 Å². The monoisotopic (exact) mass is 222 g/mol. The van der Waals surface area contributed by atoms with E-state index in [-0.39, 0.29) is 0 Å². The lowest BCUT2D eigenvalue weighted by Gasteiger charge is -2.31. The van der Waals surface area contributed by atoms with Crippen LogP contribution in [-0.4, -0.2) is 26.3 Å². The Morgan fingerprint density at radius 3 is 2.56 bits per heavy atom. The van der Waals surface area contributed by atoms with Crippen LogP contribution in [0.2, 0.25) is 0 Å². The maximum absolute atomic E-state index is 6.05. The lowest BCUT2D eigenvalue weighted by Crippen LogP contribution is -2.34. The second-order valence-corrected chi connectivity index (χ2v) is 4.29. The van der Waals surface area contributed by atoms with Gasteiger partial charge in [-0.15, -0.1) is 0 Å². The lowest BCUT2D eigenvalue weighted by molar-refractivity contribution is 0.204. The normalized spacial score (nSPS) is 10.8. The van der Waals surface area contributed by atoms with Crippen LogP contribution >= 0.6 is 0 Å². The predicted octanol–water partition coefficient (Wildman–Crippen LogP) is 2.44. The standard InChI is InChI=1S/C13H22N2O/c1-10(2)15(8-9-16-4)13-11(3)6-5-7-12(13)14/h5-7,10H,8-9,14H2,1-4H3. The lowest BCUT2D eigenvalue weighted by atomic mass is 10.1. The molecule has 16 heavy (non-hydrogen) atoms. The molecule has 0 aliphatic carbocycles. The van der Waals surface area contributed by atoms with E-state index in [9.17, 15) is 0 Å². The minimum absolute atomic E-state index is 0.415. The molecule has 0 atom stereocenters.